The van der Waals surface area contributed by atoms with E-state index in [9.17, 15) is 9.90 Å². The van der Waals surface area contributed by atoms with Crippen LogP contribution >= 0.6 is 0 Å². The van der Waals surface area contributed by atoms with Crippen molar-refractivity contribution in [1.82, 2.24) is 0 Å². The average molecular weight is 314 g/mol. The normalized spacial score (nSPS) is 25.4. The molecule has 1 saturated carbocycles. The smallest absolute Gasteiger partial charge is 0.306 e. The summed E-state index contributed by atoms with van der Waals surface area (Å²) >= 11 is 0. The van der Waals surface area contributed by atoms with Gasteiger partial charge in [-0.15, -0.1) is 0 Å². The molecule has 0 aromatic carbocycles. The molecule has 1 N–H and O–H groups in total. The molecule has 3 unspecified atom stereocenters. The molecule has 0 aromatic heterocycles. The van der Waals surface area contributed by atoms with Crippen LogP contribution in [0.15, 0.2) is 0 Å². The van der Waals surface area contributed by atoms with Gasteiger partial charge in [0.25, 0.3) is 0 Å². The first-order valence-corrected chi connectivity index (χ1v) is 9.02. The molecule has 0 saturated heterocycles. The molecule has 130 valence electrons. The summed E-state index contributed by atoms with van der Waals surface area (Å²) in [5.41, 5.74) is 0. The molecule has 0 radical (unpaired) electrons. The average Bonchev–Trinajstić information content (AvgIpc) is 2.47. The highest BCUT2D eigenvalue weighted by molar-refractivity contribution is 5.69. The van der Waals surface area contributed by atoms with E-state index in [-0.39, 0.29) is 18.2 Å². The number of aliphatic hydroxyl groups is 1. The molecular weight excluding hydrogens is 280 g/mol. The minimum absolute atomic E-state index is 0.155. The summed E-state index contributed by atoms with van der Waals surface area (Å²) in [6.45, 7) is 6.90. The highest BCUT2D eigenvalue weighted by Crippen LogP contribution is 2.27. The van der Waals surface area contributed by atoms with Gasteiger partial charge in [0.2, 0.25) is 0 Å². The Labute approximate surface area is 135 Å². The van der Waals surface area contributed by atoms with Crippen LogP contribution in [0.3, 0.4) is 0 Å². The highest BCUT2D eigenvalue weighted by Gasteiger charge is 2.31. The molecule has 4 nitrogen and oxygen atoms in total. The Morgan fingerprint density at radius 2 is 1.91 bits per heavy atom. The van der Waals surface area contributed by atoms with Gasteiger partial charge in [0, 0.05) is 13.0 Å². The summed E-state index contributed by atoms with van der Waals surface area (Å²) in [5, 5.41) is 10.2. The number of unbranched alkanes of at least 4 members (excludes halogenated alkanes) is 4. The van der Waals surface area contributed by atoms with E-state index in [0.717, 1.165) is 25.7 Å². The van der Waals surface area contributed by atoms with Gasteiger partial charge in [0.1, 0.15) is 6.10 Å². The number of carbonyl (C=O) groups excluding carboxylic acids is 1. The Hall–Kier alpha value is -0.610. The van der Waals surface area contributed by atoms with Crippen LogP contribution in [0.5, 0.6) is 0 Å². The van der Waals surface area contributed by atoms with Crippen LogP contribution in [0.25, 0.3) is 0 Å². The summed E-state index contributed by atoms with van der Waals surface area (Å²) in [7, 11) is 0. The first-order valence-electron chi connectivity index (χ1n) is 9.02. The fourth-order valence-corrected chi connectivity index (χ4v) is 2.92. The van der Waals surface area contributed by atoms with E-state index in [1.807, 2.05) is 13.8 Å². The number of ether oxygens (including phenoxy) is 2. The van der Waals surface area contributed by atoms with Gasteiger partial charge >= 0.3 is 5.97 Å². The van der Waals surface area contributed by atoms with Crippen molar-refractivity contribution in [1.29, 1.82) is 0 Å². The number of esters is 1. The van der Waals surface area contributed by atoms with Crippen molar-refractivity contribution in [3.8, 4) is 0 Å². The van der Waals surface area contributed by atoms with Gasteiger partial charge in [-0.05, 0) is 45.4 Å². The van der Waals surface area contributed by atoms with E-state index in [0.29, 0.717) is 25.4 Å². The molecule has 1 aliphatic rings. The first-order chi connectivity index (χ1) is 10.5. The number of hydrogen-bond donors (Lipinski definition) is 1. The zero-order valence-electron chi connectivity index (χ0n) is 14.6. The molecule has 1 rings (SSSR count). The molecule has 0 heterocycles. The Balaban J connectivity index is 2.17. The van der Waals surface area contributed by atoms with E-state index < -0.39 is 6.10 Å². The van der Waals surface area contributed by atoms with E-state index in [2.05, 4.69) is 6.92 Å². The van der Waals surface area contributed by atoms with Crippen molar-refractivity contribution in [3.05, 3.63) is 0 Å². The number of hydrogen-bond acceptors (Lipinski definition) is 4. The highest BCUT2D eigenvalue weighted by atomic mass is 16.6. The number of rotatable bonds is 10. The minimum atomic E-state index is -0.543. The fraction of sp³-hybridized carbons (Fsp3) is 0.944. The molecule has 1 fully saturated rings. The molecule has 0 amide bonds. The van der Waals surface area contributed by atoms with Gasteiger partial charge in [-0.1, -0.05) is 32.6 Å². The maximum Gasteiger partial charge on any atom is 0.306 e. The second-order valence-corrected chi connectivity index (χ2v) is 6.82. The van der Waals surface area contributed by atoms with Gasteiger partial charge in [0.05, 0.1) is 12.2 Å². The van der Waals surface area contributed by atoms with Gasteiger partial charge in [-0.25, -0.2) is 0 Å². The lowest BCUT2D eigenvalue weighted by atomic mass is 9.85. The quantitative estimate of drug-likeness (QED) is 0.491. The zero-order chi connectivity index (χ0) is 16.4. The van der Waals surface area contributed by atoms with Crippen LogP contribution in [0.4, 0.5) is 0 Å². The predicted octanol–water partition coefficient (Wildman–Crippen LogP) is 3.84. The lowest BCUT2D eigenvalue weighted by Gasteiger charge is -2.32. The second-order valence-electron chi connectivity index (χ2n) is 6.82. The van der Waals surface area contributed by atoms with Crippen LogP contribution < -0.4 is 0 Å². The third-order valence-corrected chi connectivity index (χ3v) is 4.30. The van der Waals surface area contributed by atoms with Crippen LogP contribution in [0.1, 0.15) is 78.6 Å². The van der Waals surface area contributed by atoms with Crippen LogP contribution in [0.2, 0.25) is 0 Å². The lowest BCUT2D eigenvalue weighted by molar-refractivity contribution is -0.159. The summed E-state index contributed by atoms with van der Waals surface area (Å²) < 4.78 is 11.1. The Bertz CT molecular complexity index is 303. The topological polar surface area (TPSA) is 55.8 Å². The van der Waals surface area contributed by atoms with Crippen molar-refractivity contribution < 1.29 is 19.4 Å². The summed E-state index contributed by atoms with van der Waals surface area (Å²) in [6.07, 6.45) is 7.82. The van der Waals surface area contributed by atoms with Crippen LogP contribution in [-0.4, -0.2) is 36.0 Å². The molecule has 0 bridgehead atoms. The summed E-state index contributed by atoms with van der Waals surface area (Å²) in [4.78, 5) is 11.8. The van der Waals surface area contributed by atoms with Crippen molar-refractivity contribution in [2.75, 3.05) is 6.61 Å². The third-order valence-electron chi connectivity index (χ3n) is 4.30. The van der Waals surface area contributed by atoms with Crippen LogP contribution in [-0.2, 0) is 14.3 Å². The Morgan fingerprint density at radius 3 is 2.55 bits per heavy atom. The lowest BCUT2D eigenvalue weighted by Crippen LogP contribution is -2.38. The summed E-state index contributed by atoms with van der Waals surface area (Å²) in [6, 6.07) is 0. The maximum atomic E-state index is 11.8. The van der Waals surface area contributed by atoms with Crippen molar-refractivity contribution in [3.63, 3.8) is 0 Å². The predicted molar refractivity (Wildman–Crippen MR) is 87.7 cm³/mol. The van der Waals surface area contributed by atoms with E-state index >= 15 is 0 Å². The monoisotopic (exact) mass is 314 g/mol. The molecule has 3 atom stereocenters. The zero-order valence-corrected chi connectivity index (χ0v) is 14.6. The molecule has 0 spiro atoms. The van der Waals surface area contributed by atoms with E-state index in [1.54, 1.807) is 0 Å². The largest absolute Gasteiger partial charge is 0.460 e. The van der Waals surface area contributed by atoms with Crippen molar-refractivity contribution >= 4 is 5.97 Å². The molecule has 4 heteroatoms. The van der Waals surface area contributed by atoms with Crippen molar-refractivity contribution in [2.45, 2.75) is 96.9 Å². The molecule has 0 aromatic rings. The minimum Gasteiger partial charge on any atom is -0.460 e. The SMILES string of the molecule is CCCCCCCC(=O)OC1CCC(COC(C)C)CC1O. The molecular formula is C18H34O4. The molecule has 1 aliphatic carbocycles. The van der Waals surface area contributed by atoms with Gasteiger partial charge in [-0.2, -0.15) is 0 Å². The number of carbonyl (C=O) groups is 1. The van der Waals surface area contributed by atoms with Gasteiger partial charge < -0.3 is 14.6 Å². The van der Waals surface area contributed by atoms with E-state index in [1.165, 1.54) is 19.3 Å². The number of aliphatic hydroxyl groups excluding tert-OH is 1. The van der Waals surface area contributed by atoms with Gasteiger partial charge in [0.15, 0.2) is 0 Å². The third kappa shape index (κ3) is 8.14. The van der Waals surface area contributed by atoms with Gasteiger partial charge in [-0.3, -0.25) is 4.79 Å². The maximum absolute atomic E-state index is 11.8. The first kappa shape index (κ1) is 19.4. The standard InChI is InChI=1S/C18H34O4/c1-4-5-6-7-8-9-18(20)22-17-11-10-15(12-16(17)19)13-21-14(2)3/h14-17,19H,4-13H2,1-3H3. The Morgan fingerprint density at radius 1 is 1.18 bits per heavy atom. The summed E-state index contributed by atoms with van der Waals surface area (Å²) in [5.74, 6) is 0.221. The van der Waals surface area contributed by atoms with E-state index in [4.69, 9.17) is 9.47 Å². The Kier molecular flexibility index (Phi) is 9.73. The fourth-order valence-electron chi connectivity index (χ4n) is 2.92. The molecule has 22 heavy (non-hydrogen) atoms. The molecule has 0 aliphatic heterocycles. The van der Waals surface area contributed by atoms with Crippen LogP contribution in [0, 0.1) is 5.92 Å². The second kappa shape index (κ2) is 11.0. The van der Waals surface area contributed by atoms with Crippen molar-refractivity contribution in [2.24, 2.45) is 5.92 Å².